The first-order valence-corrected chi connectivity index (χ1v) is 6.79. The fraction of sp³-hybridized carbons (Fsp3) is 0.500. The Morgan fingerprint density at radius 2 is 2.44 bits per heavy atom. The molecular weight excluding hydrogens is 242 g/mol. The number of rotatable bonds is 4. The molecule has 1 aromatic heterocycles. The Balaban J connectivity index is 2.28. The lowest BCUT2D eigenvalue weighted by molar-refractivity contribution is 0.217. The minimum absolute atomic E-state index is 0.124. The SMILES string of the molecule is CCNC(C1=CCCO1)c1scc(C)c1Cl. The van der Waals surface area contributed by atoms with E-state index in [9.17, 15) is 0 Å². The fourth-order valence-corrected chi connectivity index (χ4v) is 3.19. The maximum absolute atomic E-state index is 6.31. The highest BCUT2D eigenvalue weighted by Gasteiger charge is 2.24. The summed E-state index contributed by atoms with van der Waals surface area (Å²) in [5, 5.41) is 6.39. The van der Waals surface area contributed by atoms with E-state index in [1.165, 1.54) is 0 Å². The van der Waals surface area contributed by atoms with Gasteiger partial charge in [0.25, 0.3) is 0 Å². The van der Waals surface area contributed by atoms with Crippen LogP contribution >= 0.6 is 22.9 Å². The van der Waals surface area contributed by atoms with Crippen molar-refractivity contribution in [2.75, 3.05) is 13.2 Å². The molecule has 0 bridgehead atoms. The van der Waals surface area contributed by atoms with Gasteiger partial charge in [-0.05, 0) is 30.5 Å². The van der Waals surface area contributed by atoms with Crippen molar-refractivity contribution in [2.45, 2.75) is 26.3 Å². The summed E-state index contributed by atoms with van der Waals surface area (Å²) < 4.78 is 5.63. The largest absolute Gasteiger partial charge is 0.496 e. The molecule has 0 fully saturated rings. The number of thiophene rings is 1. The first-order valence-electron chi connectivity index (χ1n) is 5.53. The third kappa shape index (κ3) is 2.26. The van der Waals surface area contributed by atoms with Gasteiger partial charge in [-0.15, -0.1) is 11.3 Å². The quantitative estimate of drug-likeness (QED) is 0.889. The molecule has 1 aliphatic rings. The number of aryl methyl sites for hydroxylation is 1. The molecule has 1 unspecified atom stereocenters. The lowest BCUT2D eigenvalue weighted by Gasteiger charge is -2.18. The number of hydrogen-bond donors (Lipinski definition) is 1. The molecule has 2 heterocycles. The maximum atomic E-state index is 6.31. The zero-order valence-corrected chi connectivity index (χ0v) is 11.1. The summed E-state index contributed by atoms with van der Waals surface area (Å²) in [5.41, 5.74) is 1.14. The number of nitrogens with one attached hydrogen (secondary N) is 1. The molecule has 0 spiro atoms. The zero-order chi connectivity index (χ0) is 11.5. The third-order valence-corrected chi connectivity index (χ3v) is 4.39. The van der Waals surface area contributed by atoms with E-state index in [4.69, 9.17) is 16.3 Å². The van der Waals surface area contributed by atoms with Crippen molar-refractivity contribution in [1.82, 2.24) is 5.32 Å². The first kappa shape index (κ1) is 12.0. The minimum atomic E-state index is 0.124. The molecule has 1 aromatic rings. The van der Waals surface area contributed by atoms with Crippen molar-refractivity contribution in [2.24, 2.45) is 0 Å². The van der Waals surface area contributed by atoms with Gasteiger partial charge in [-0.3, -0.25) is 0 Å². The Morgan fingerprint density at radius 3 is 2.94 bits per heavy atom. The molecule has 1 aliphatic heterocycles. The fourth-order valence-electron chi connectivity index (χ4n) is 1.81. The summed E-state index contributed by atoms with van der Waals surface area (Å²) in [7, 11) is 0. The monoisotopic (exact) mass is 257 g/mol. The summed E-state index contributed by atoms with van der Waals surface area (Å²) in [6.07, 6.45) is 3.15. The Hall–Kier alpha value is -0.510. The van der Waals surface area contributed by atoms with Gasteiger partial charge >= 0.3 is 0 Å². The van der Waals surface area contributed by atoms with Gasteiger partial charge in [0.2, 0.25) is 0 Å². The third-order valence-electron chi connectivity index (χ3n) is 2.61. The topological polar surface area (TPSA) is 21.3 Å². The van der Waals surface area contributed by atoms with E-state index in [2.05, 4.69) is 23.7 Å². The average molecular weight is 258 g/mol. The predicted molar refractivity (Wildman–Crippen MR) is 69.1 cm³/mol. The van der Waals surface area contributed by atoms with Crippen LogP contribution in [0, 0.1) is 6.92 Å². The summed E-state index contributed by atoms with van der Waals surface area (Å²) in [5.74, 6) is 1.02. The van der Waals surface area contributed by atoms with Gasteiger partial charge in [0, 0.05) is 11.3 Å². The van der Waals surface area contributed by atoms with Crippen LogP contribution in [-0.4, -0.2) is 13.2 Å². The second kappa shape index (κ2) is 5.21. The molecular formula is C12H16ClNOS. The van der Waals surface area contributed by atoms with Gasteiger partial charge in [-0.2, -0.15) is 0 Å². The van der Waals surface area contributed by atoms with Crippen LogP contribution in [-0.2, 0) is 4.74 Å². The Kier molecular flexibility index (Phi) is 3.90. The van der Waals surface area contributed by atoms with Crippen LogP contribution in [0.4, 0.5) is 0 Å². The normalized spacial score (nSPS) is 17.1. The number of likely N-dealkylation sites (N-methyl/N-ethyl adjacent to an activating group) is 1. The molecule has 0 saturated heterocycles. The molecule has 0 radical (unpaired) electrons. The van der Waals surface area contributed by atoms with E-state index in [0.717, 1.165) is 40.8 Å². The van der Waals surface area contributed by atoms with Crippen LogP contribution in [0.3, 0.4) is 0 Å². The molecule has 0 aromatic carbocycles. The van der Waals surface area contributed by atoms with Crippen molar-refractivity contribution < 1.29 is 4.74 Å². The molecule has 1 N–H and O–H groups in total. The van der Waals surface area contributed by atoms with Gasteiger partial charge in [0.1, 0.15) is 11.8 Å². The maximum Gasteiger partial charge on any atom is 0.114 e. The average Bonchev–Trinajstić information content (AvgIpc) is 2.89. The molecule has 0 aliphatic carbocycles. The van der Waals surface area contributed by atoms with Crippen molar-refractivity contribution in [1.29, 1.82) is 0 Å². The smallest absolute Gasteiger partial charge is 0.114 e. The highest BCUT2D eigenvalue weighted by Crippen LogP contribution is 2.37. The van der Waals surface area contributed by atoms with Crippen LogP contribution in [0.25, 0.3) is 0 Å². The predicted octanol–water partition coefficient (Wildman–Crippen LogP) is 3.66. The van der Waals surface area contributed by atoms with E-state index in [-0.39, 0.29) is 6.04 Å². The van der Waals surface area contributed by atoms with Crippen molar-refractivity contribution >= 4 is 22.9 Å². The number of ether oxygens (including phenoxy) is 1. The van der Waals surface area contributed by atoms with Crippen LogP contribution in [0.15, 0.2) is 17.2 Å². The lowest BCUT2D eigenvalue weighted by atomic mass is 10.1. The van der Waals surface area contributed by atoms with Gasteiger partial charge in [-0.25, -0.2) is 0 Å². The molecule has 2 rings (SSSR count). The van der Waals surface area contributed by atoms with E-state index in [1.807, 2.05) is 6.92 Å². The molecule has 0 amide bonds. The minimum Gasteiger partial charge on any atom is -0.496 e. The summed E-state index contributed by atoms with van der Waals surface area (Å²) >= 11 is 8.00. The molecule has 1 atom stereocenters. The van der Waals surface area contributed by atoms with Gasteiger partial charge in [0.05, 0.1) is 11.6 Å². The number of hydrogen-bond acceptors (Lipinski definition) is 3. The second-order valence-corrected chi connectivity index (χ2v) is 5.12. The van der Waals surface area contributed by atoms with E-state index < -0.39 is 0 Å². The van der Waals surface area contributed by atoms with Crippen LogP contribution in [0.5, 0.6) is 0 Å². The van der Waals surface area contributed by atoms with Crippen molar-refractivity contribution in [3.63, 3.8) is 0 Å². The van der Waals surface area contributed by atoms with Gasteiger partial charge in [-0.1, -0.05) is 18.5 Å². The van der Waals surface area contributed by atoms with E-state index >= 15 is 0 Å². The van der Waals surface area contributed by atoms with Crippen LogP contribution in [0.1, 0.15) is 29.8 Å². The molecule has 16 heavy (non-hydrogen) atoms. The molecule has 88 valence electrons. The highest BCUT2D eigenvalue weighted by molar-refractivity contribution is 7.10. The zero-order valence-electron chi connectivity index (χ0n) is 9.55. The molecule has 4 heteroatoms. The van der Waals surface area contributed by atoms with Crippen molar-refractivity contribution in [3.8, 4) is 0 Å². The van der Waals surface area contributed by atoms with E-state index in [0.29, 0.717) is 0 Å². The Morgan fingerprint density at radius 1 is 1.62 bits per heavy atom. The summed E-state index contributed by atoms with van der Waals surface area (Å²) in [4.78, 5) is 1.16. The molecule has 0 saturated carbocycles. The molecule has 2 nitrogen and oxygen atoms in total. The standard InChI is InChI=1S/C12H16ClNOS/c1-3-14-11(9-5-4-6-15-9)12-10(13)8(2)7-16-12/h5,7,11,14H,3-4,6H2,1-2H3. The Labute approximate surface area is 105 Å². The van der Waals surface area contributed by atoms with Crippen molar-refractivity contribution in [3.05, 3.63) is 32.7 Å². The second-order valence-electron chi connectivity index (χ2n) is 3.83. The van der Waals surface area contributed by atoms with Gasteiger partial charge in [0.15, 0.2) is 0 Å². The first-order chi connectivity index (χ1) is 7.74. The summed E-state index contributed by atoms with van der Waals surface area (Å²) in [6, 6.07) is 0.124. The number of halogens is 1. The Bertz CT molecular complexity index is 400. The van der Waals surface area contributed by atoms with Gasteiger partial charge < -0.3 is 10.1 Å². The van der Waals surface area contributed by atoms with Crippen LogP contribution in [0.2, 0.25) is 5.02 Å². The highest BCUT2D eigenvalue weighted by atomic mass is 35.5. The summed E-state index contributed by atoms with van der Waals surface area (Å²) in [6.45, 7) is 5.82. The lowest BCUT2D eigenvalue weighted by Crippen LogP contribution is -2.22. The van der Waals surface area contributed by atoms with Crippen LogP contribution < -0.4 is 5.32 Å². The van der Waals surface area contributed by atoms with E-state index in [1.54, 1.807) is 11.3 Å².